The van der Waals surface area contributed by atoms with Crippen LogP contribution in [-0.2, 0) is 18.4 Å². The van der Waals surface area contributed by atoms with E-state index >= 15 is 0 Å². The van der Waals surface area contributed by atoms with E-state index < -0.39 is 0 Å². The third-order valence-electron chi connectivity index (χ3n) is 3.91. The van der Waals surface area contributed by atoms with Crippen LogP contribution in [0.4, 0.5) is 4.39 Å². The molecule has 1 amide bonds. The molecule has 3 rings (SSSR count). The van der Waals surface area contributed by atoms with Crippen LogP contribution in [0.3, 0.4) is 0 Å². The number of thioether (sulfide) groups is 1. The fraction of sp³-hybridized carbons (Fsp3) is 0.211. The third kappa shape index (κ3) is 4.29. The average Bonchev–Trinajstić information content (AvgIpc) is 3.00. The number of halogens is 1. The van der Waals surface area contributed by atoms with Gasteiger partial charge in [-0.1, -0.05) is 59.8 Å². The summed E-state index contributed by atoms with van der Waals surface area (Å²) < 4.78 is 15.4. The average molecular weight is 370 g/mol. The van der Waals surface area contributed by atoms with Crippen molar-refractivity contribution in [3.63, 3.8) is 0 Å². The Bertz CT molecular complexity index is 908. The first-order valence-corrected chi connectivity index (χ1v) is 9.12. The van der Waals surface area contributed by atoms with Crippen LogP contribution in [0.15, 0.2) is 53.7 Å². The molecule has 1 heterocycles. The fourth-order valence-corrected chi connectivity index (χ4v) is 3.15. The Hall–Kier alpha value is -2.67. The maximum absolute atomic E-state index is 13.6. The van der Waals surface area contributed by atoms with Gasteiger partial charge in [0.2, 0.25) is 5.91 Å². The number of nitrogens with one attached hydrogen (secondary N) is 1. The van der Waals surface area contributed by atoms with Gasteiger partial charge in [-0.05, 0) is 13.0 Å². The summed E-state index contributed by atoms with van der Waals surface area (Å²) in [7, 11) is 1.87. The number of benzene rings is 2. The number of hydrogen-bond acceptors (Lipinski definition) is 4. The minimum atomic E-state index is -0.323. The van der Waals surface area contributed by atoms with Gasteiger partial charge >= 0.3 is 0 Å². The van der Waals surface area contributed by atoms with Gasteiger partial charge in [0.1, 0.15) is 5.82 Å². The van der Waals surface area contributed by atoms with Crippen molar-refractivity contribution < 1.29 is 9.18 Å². The van der Waals surface area contributed by atoms with Gasteiger partial charge in [-0.2, -0.15) is 0 Å². The highest BCUT2D eigenvalue weighted by Crippen LogP contribution is 2.22. The molecule has 3 aromatic rings. The Morgan fingerprint density at radius 1 is 1.15 bits per heavy atom. The smallest absolute Gasteiger partial charge is 0.230 e. The number of aryl methyl sites for hydroxylation is 1. The second-order valence-corrected chi connectivity index (χ2v) is 6.83. The monoisotopic (exact) mass is 370 g/mol. The Morgan fingerprint density at radius 2 is 1.88 bits per heavy atom. The second-order valence-electron chi connectivity index (χ2n) is 5.89. The lowest BCUT2D eigenvalue weighted by Crippen LogP contribution is -2.25. The van der Waals surface area contributed by atoms with Crippen molar-refractivity contribution in [2.24, 2.45) is 7.05 Å². The normalized spacial score (nSPS) is 10.7. The van der Waals surface area contributed by atoms with Gasteiger partial charge in [0.05, 0.1) is 5.75 Å². The summed E-state index contributed by atoms with van der Waals surface area (Å²) >= 11 is 1.30. The maximum atomic E-state index is 13.6. The summed E-state index contributed by atoms with van der Waals surface area (Å²) in [5.41, 5.74) is 2.62. The van der Waals surface area contributed by atoms with Crippen LogP contribution in [-0.4, -0.2) is 26.4 Å². The van der Waals surface area contributed by atoms with Crippen LogP contribution in [0.25, 0.3) is 11.4 Å². The molecule has 5 nitrogen and oxygen atoms in total. The molecule has 0 saturated carbocycles. The summed E-state index contributed by atoms with van der Waals surface area (Å²) in [5.74, 6) is 0.433. The molecule has 1 aromatic heterocycles. The molecule has 0 atom stereocenters. The van der Waals surface area contributed by atoms with Crippen molar-refractivity contribution in [3.8, 4) is 11.4 Å². The van der Waals surface area contributed by atoms with Crippen LogP contribution in [0, 0.1) is 12.7 Å². The molecule has 0 fully saturated rings. The van der Waals surface area contributed by atoms with Gasteiger partial charge in [-0.3, -0.25) is 4.79 Å². The van der Waals surface area contributed by atoms with Crippen molar-refractivity contribution in [2.45, 2.75) is 18.6 Å². The van der Waals surface area contributed by atoms with E-state index in [4.69, 9.17) is 0 Å². The van der Waals surface area contributed by atoms with Gasteiger partial charge in [0, 0.05) is 24.7 Å². The van der Waals surface area contributed by atoms with Crippen LogP contribution < -0.4 is 5.32 Å². The first-order valence-electron chi connectivity index (χ1n) is 8.14. The molecule has 0 spiro atoms. The van der Waals surface area contributed by atoms with Crippen LogP contribution in [0.1, 0.15) is 11.1 Å². The lowest BCUT2D eigenvalue weighted by molar-refractivity contribution is -0.118. The number of rotatable bonds is 6. The molecule has 2 aromatic carbocycles. The largest absolute Gasteiger partial charge is 0.351 e. The van der Waals surface area contributed by atoms with Gasteiger partial charge < -0.3 is 9.88 Å². The van der Waals surface area contributed by atoms with E-state index in [0.29, 0.717) is 10.7 Å². The molecule has 26 heavy (non-hydrogen) atoms. The van der Waals surface area contributed by atoms with Crippen LogP contribution in [0.2, 0.25) is 0 Å². The fourth-order valence-electron chi connectivity index (χ4n) is 2.41. The van der Waals surface area contributed by atoms with E-state index in [1.54, 1.807) is 18.2 Å². The van der Waals surface area contributed by atoms with E-state index in [1.807, 2.05) is 42.8 Å². The molecule has 134 valence electrons. The number of amides is 1. The highest BCUT2D eigenvalue weighted by Gasteiger charge is 2.13. The van der Waals surface area contributed by atoms with Gasteiger partial charge in [0.15, 0.2) is 11.0 Å². The van der Waals surface area contributed by atoms with Gasteiger partial charge in [-0.25, -0.2) is 4.39 Å². The third-order valence-corrected chi connectivity index (χ3v) is 4.93. The SMILES string of the molecule is Cc1ccc(-c2nnc(SCC(=O)NCc3ccccc3F)n2C)cc1. The number of hydrogen-bond donors (Lipinski definition) is 1. The van der Waals surface area contributed by atoms with Gasteiger partial charge in [0.25, 0.3) is 0 Å². The molecule has 7 heteroatoms. The molecular weight excluding hydrogens is 351 g/mol. The summed E-state index contributed by atoms with van der Waals surface area (Å²) in [6.07, 6.45) is 0. The highest BCUT2D eigenvalue weighted by atomic mass is 32.2. The number of carbonyl (C=O) groups is 1. The number of nitrogens with zero attached hydrogens (tertiary/aromatic N) is 3. The molecule has 0 unspecified atom stereocenters. The van der Waals surface area contributed by atoms with E-state index in [1.165, 1.54) is 23.4 Å². The summed E-state index contributed by atoms with van der Waals surface area (Å²) in [5, 5.41) is 11.7. The first kappa shape index (κ1) is 18.1. The summed E-state index contributed by atoms with van der Waals surface area (Å²) in [4.78, 5) is 12.0. The summed E-state index contributed by atoms with van der Waals surface area (Å²) in [6.45, 7) is 2.20. The lowest BCUT2D eigenvalue weighted by atomic mass is 10.1. The van der Waals surface area contributed by atoms with Crippen molar-refractivity contribution in [2.75, 3.05) is 5.75 Å². The second kappa shape index (κ2) is 8.14. The van der Waals surface area contributed by atoms with E-state index in [9.17, 15) is 9.18 Å². The predicted molar refractivity (Wildman–Crippen MR) is 100 cm³/mol. The van der Waals surface area contributed by atoms with Crippen molar-refractivity contribution in [1.29, 1.82) is 0 Å². The molecule has 1 N–H and O–H groups in total. The molecular formula is C19H19FN4OS. The van der Waals surface area contributed by atoms with Gasteiger partial charge in [-0.15, -0.1) is 10.2 Å². The minimum absolute atomic E-state index is 0.166. The molecule has 0 saturated heterocycles. The molecule has 0 bridgehead atoms. The van der Waals surface area contributed by atoms with Crippen molar-refractivity contribution in [3.05, 3.63) is 65.5 Å². The first-order chi connectivity index (χ1) is 12.5. The minimum Gasteiger partial charge on any atom is -0.351 e. The Labute approximate surface area is 155 Å². The van der Waals surface area contributed by atoms with E-state index in [-0.39, 0.29) is 24.0 Å². The van der Waals surface area contributed by atoms with Crippen molar-refractivity contribution >= 4 is 17.7 Å². The topological polar surface area (TPSA) is 59.8 Å². The Morgan fingerprint density at radius 3 is 2.62 bits per heavy atom. The van der Waals surface area contributed by atoms with Crippen LogP contribution in [0.5, 0.6) is 0 Å². The van der Waals surface area contributed by atoms with E-state index in [2.05, 4.69) is 15.5 Å². The molecule has 0 aliphatic rings. The highest BCUT2D eigenvalue weighted by molar-refractivity contribution is 7.99. The Balaban J connectivity index is 1.57. The molecule has 0 radical (unpaired) electrons. The quantitative estimate of drug-likeness (QED) is 0.676. The van der Waals surface area contributed by atoms with E-state index in [0.717, 1.165) is 11.4 Å². The number of aromatic nitrogens is 3. The predicted octanol–water partition coefficient (Wildman–Crippen LogP) is 3.34. The van der Waals surface area contributed by atoms with Crippen molar-refractivity contribution in [1.82, 2.24) is 20.1 Å². The zero-order valence-electron chi connectivity index (χ0n) is 14.6. The molecule has 0 aliphatic heterocycles. The lowest BCUT2D eigenvalue weighted by Gasteiger charge is -2.06. The number of carbonyl (C=O) groups excluding carboxylic acids is 1. The zero-order valence-corrected chi connectivity index (χ0v) is 15.4. The zero-order chi connectivity index (χ0) is 18.5. The summed E-state index contributed by atoms with van der Waals surface area (Å²) in [6, 6.07) is 14.4. The standard InChI is InChI=1S/C19H19FN4OS/c1-13-7-9-14(10-8-13)18-22-23-19(24(18)2)26-12-17(25)21-11-15-5-3-4-6-16(15)20/h3-10H,11-12H2,1-2H3,(H,21,25). The van der Waals surface area contributed by atoms with Crippen LogP contribution >= 0.6 is 11.8 Å². The maximum Gasteiger partial charge on any atom is 0.230 e. The molecule has 0 aliphatic carbocycles. The Kier molecular flexibility index (Phi) is 5.68.